The van der Waals surface area contributed by atoms with Gasteiger partial charge in [-0.05, 0) is 37.1 Å². The predicted molar refractivity (Wildman–Crippen MR) is 70.0 cm³/mol. The average molecular weight is 262 g/mol. The molecule has 0 aromatic carbocycles. The number of ketones is 1. The number of hydrogen-bond donors (Lipinski definition) is 1. The Morgan fingerprint density at radius 2 is 1.89 bits per heavy atom. The van der Waals surface area contributed by atoms with E-state index in [-0.39, 0.29) is 12.2 Å². The molecule has 19 heavy (non-hydrogen) atoms. The number of carbonyl (C=O) groups is 2. The molecule has 0 amide bonds. The molecule has 2 aliphatic rings. The Bertz CT molecular complexity index is 548. The van der Waals surface area contributed by atoms with E-state index in [4.69, 9.17) is 4.74 Å². The van der Waals surface area contributed by atoms with E-state index in [0.717, 1.165) is 0 Å². The summed E-state index contributed by atoms with van der Waals surface area (Å²) in [4.78, 5) is 22.8. The molecule has 0 fully saturated rings. The van der Waals surface area contributed by atoms with Crippen molar-refractivity contribution in [1.29, 1.82) is 0 Å². The third-order valence-corrected chi connectivity index (χ3v) is 3.90. The van der Waals surface area contributed by atoms with Crippen LogP contribution >= 0.6 is 0 Å². The Kier molecular flexibility index (Phi) is 3.01. The van der Waals surface area contributed by atoms with Crippen molar-refractivity contribution in [2.45, 2.75) is 39.7 Å². The van der Waals surface area contributed by atoms with Crippen LogP contribution in [-0.2, 0) is 14.3 Å². The molecule has 1 unspecified atom stereocenters. The summed E-state index contributed by atoms with van der Waals surface area (Å²) in [6.07, 6.45) is 4.64. The van der Waals surface area contributed by atoms with E-state index in [1.54, 1.807) is 19.9 Å². The highest BCUT2D eigenvalue weighted by Crippen LogP contribution is 2.45. The Labute approximate surface area is 112 Å². The molecule has 4 heteroatoms. The number of rotatable bonds is 1. The second-order valence-corrected chi connectivity index (χ2v) is 5.88. The van der Waals surface area contributed by atoms with Crippen molar-refractivity contribution in [2.24, 2.45) is 5.41 Å². The molecule has 0 bridgehead atoms. The smallest absolute Gasteiger partial charge is 0.336 e. The SMILES string of the molecule is CC1=CC(=O)OC1=CC1(O)C(C)=CC(=O)CC1(C)C. The Balaban J connectivity index is 2.50. The predicted octanol–water partition coefficient (Wildman–Crippen LogP) is 2.05. The fourth-order valence-electron chi connectivity index (χ4n) is 2.62. The molecule has 0 aromatic rings. The van der Waals surface area contributed by atoms with Gasteiger partial charge in [0, 0.05) is 17.9 Å². The largest absolute Gasteiger partial charge is 0.423 e. The molecule has 0 aromatic heterocycles. The highest BCUT2D eigenvalue weighted by atomic mass is 16.5. The topological polar surface area (TPSA) is 63.6 Å². The molecule has 0 spiro atoms. The summed E-state index contributed by atoms with van der Waals surface area (Å²) in [5.41, 5.74) is -0.697. The number of hydrogen-bond acceptors (Lipinski definition) is 4. The molecule has 1 aliphatic heterocycles. The summed E-state index contributed by atoms with van der Waals surface area (Å²) in [5.74, 6) is -0.0670. The van der Waals surface area contributed by atoms with E-state index in [1.807, 2.05) is 13.8 Å². The molecule has 0 saturated carbocycles. The van der Waals surface area contributed by atoms with Crippen molar-refractivity contribution in [3.63, 3.8) is 0 Å². The number of esters is 1. The monoisotopic (exact) mass is 262 g/mol. The Hall–Kier alpha value is -1.68. The lowest BCUT2D eigenvalue weighted by Crippen LogP contribution is -2.48. The standard InChI is InChI=1S/C15H18O4/c1-9-5-13(17)19-12(9)8-15(18)10(2)6-11(16)7-14(15,3)4/h5-6,8,18H,7H2,1-4H3. The minimum absolute atomic E-state index is 0.00116. The number of ether oxygens (including phenoxy) is 1. The van der Waals surface area contributed by atoms with E-state index in [1.165, 1.54) is 12.2 Å². The molecule has 0 saturated heterocycles. The first-order chi connectivity index (χ1) is 8.65. The summed E-state index contributed by atoms with van der Waals surface area (Å²) in [7, 11) is 0. The zero-order valence-corrected chi connectivity index (χ0v) is 11.6. The van der Waals surface area contributed by atoms with Gasteiger partial charge in [0.15, 0.2) is 5.78 Å². The van der Waals surface area contributed by atoms with Crippen LogP contribution in [0.15, 0.2) is 35.1 Å². The van der Waals surface area contributed by atoms with Gasteiger partial charge >= 0.3 is 5.97 Å². The van der Waals surface area contributed by atoms with E-state index >= 15 is 0 Å². The first-order valence-corrected chi connectivity index (χ1v) is 6.23. The van der Waals surface area contributed by atoms with Crippen LogP contribution in [0.5, 0.6) is 0 Å². The Morgan fingerprint density at radius 3 is 2.37 bits per heavy atom. The molecular weight excluding hydrogens is 244 g/mol. The normalized spacial score (nSPS) is 32.2. The summed E-state index contributed by atoms with van der Waals surface area (Å²) in [6, 6.07) is 0. The second-order valence-electron chi connectivity index (χ2n) is 5.88. The van der Waals surface area contributed by atoms with Crippen LogP contribution in [-0.4, -0.2) is 22.5 Å². The zero-order valence-electron chi connectivity index (χ0n) is 11.6. The van der Waals surface area contributed by atoms with E-state index < -0.39 is 17.0 Å². The highest BCUT2D eigenvalue weighted by Gasteiger charge is 2.48. The second kappa shape index (κ2) is 4.17. The first kappa shape index (κ1) is 13.7. The molecule has 1 N–H and O–H groups in total. The highest BCUT2D eigenvalue weighted by molar-refractivity contribution is 5.93. The molecule has 0 radical (unpaired) electrons. The van der Waals surface area contributed by atoms with Gasteiger partial charge in [-0.25, -0.2) is 4.79 Å². The van der Waals surface area contributed by atoms with E-state index in [2.05, 4.69) is 0 Å². The van der Waals surface area contributed by atoms with Gasteiger partial charge in [0.25, 0.3) is 0 Å². The molecule has 2 rings (SSSR count). The lowest BCUT2D eigenvalue weighted by Gasteiger charge is -2.44. The fourth-order valence-corrected chi connectivity index (χ4v) is 2.62. The molecule has 1 heterocycles. The quantitative estimate of drug-likeness (QED) is 0.735. The van der Waals surface area contributed by atoms with Gasteiger partial charge in [-0.3, -0.25) is 4.79 Å². The summed E-state index contributed by atoms with van der Waals surface area (Å²) >= 11 is 0. The van der Waals surface area contributed by atoms with Gasteiger partial charge in [-0.1, -0.05) is 13.8 Å². The molecule has 1 atom stereocenters. The average Bonchev–Trinajstić information content (AvgIpc) is 2.53. The van der Waals surface area contributed by atoms with Gasteiger partial charge in [-0.15, -0.1) is 0 Å². The number of carbonyl (C=O) groups excluding carboxylic acids is 2. The minimum atomic E-state index is -1.30. The first-order valence-electron chi connectivity index (χ1n) is 6.23. The van der Waals surface area contributed by atoms with Gasteiger partial charge in [-0.2, -0.15) is 0 Å². The lowest BCUT2D eigenvalue weighted by molar-refractivity contribution is -0.132. The van der Waals surface area contributed by atoms with Crippen LogP contribution in [0.4, 0.5) is 0 Å². The van der Waals surface area contributed by atoms with Crippen molar-refractivity contribution in [3.05, 3.63) is 35.1 Å². The number of aliphatic hydroxyl groups is 1. The van der Waals surface area contributed by atoms with Crippen LogP contribution < -0.4 is 0 Å². The van der Waals surface area contributed by atoms with Crippen molar-refractivity contribution < 1.29 is 19.4 Å². The maximum Gasteiger partial charge on any atom is 0.336 e. The zero-order chi connectivity index (χ0) is 14.4. The van der Waals surface area contributed by atoms with Crippen LogP contribution in [0.2, 0.25) is 0 Å². The Morgan fingerprint density at radius 1 is 1.26 bits per heavy atom. The molecule has 4 nitrogen and oxygen atoms in total. The van der Waals surface area contributed by atoms with Gasteiger partial charge < -0.3 is 9.84 Å². The summed E-state index contributed by atoms with van der Waals surface area (Å²) in [5, 5.41) is 10.9. The maximum absolute atomic E-state index is 11.6. The summed E-state index contributed by atoms with van der Waals surface area (Å²) < 4.78 is 5.07. The van der Waals surface area contributed by atoms with Crippen LogP contribution in [0.1, 0.15) is 34.1 Å². The maximum atomic E-state index is 11.6. The van der Waals surface area contributed by atoms with Crippen molar-refractivity contribution in [3.8, 4) is 0 Å². The minimum Gasteiger partial charge on any atom is -0.423 e. The lowest BCUT2D eigenvalue weighted by atomic mass is 9.64. The van der Waals surface area contributed by atoms with Crippen LogP contribution in [0, 0.1) is 5.41 Å². The van der Waals surface area contributed by atoms with Gasteiger partial charge in [0.1, 0.15) is 11.4 Å². The van der Waals surface area contributed by atoms with Gasteiger partial charge in [0.05, 0.1) is 0 Å². The molecule has 102 valence electrons. The van der Waals surface area contributed by atoms with E-state index in [9.17, 15) is 14.7 Å². The van der Waals surface area contributed by atoms with Crippen molar-refractivity contribution in [2.75, 3.05) is 0 Å². The van der Waals surface area contributed by atoms with Gasteiger partial charge in [0.2, 0.25) is 0 Å². The number of cyclic esters (lactones) is 1. The molecule has 1 aliphatic carbocycles. The van der Waals surface area contributed by atoms with Crippen LogP contribution in [0.3, 0.4) is 0 Å². The molecular formula is C15H18O4. The van der Waals surface area contributed by atoms with Crippen molar-refractivity contribution >= 4 is 11.8 Å². The van der Waals surface area contributed by atoms with Crippen LogP contribution in [0.25, 0.3) is 0 Å². The van der Waals surface area contributed by atoms with E-state index in [0.29, 0.717) is 16.9 Å². The van der Waals surface area contributed by atoms with Crippen molar-refractivity contribution in [1.82, 2.24) is 0 Å². The number of allylic oxidation sites excluding steroid dienone is 2. The summed E-state index contributed by atoms with van der Waals surface area (Å²) in [6.45, 7) is 7.12. The third-order valence-electron chi connectivity index (χ3n) is 3.90. The fraction of sp³-hybridized carbons (Fsp3) is 0.467. The third kappa shape index (κ3) is 2.16.